The average molecular weight is 380 g/mol. The van der Waals surface area contributed by atoms with Gasteiger partial charge < -0.3 is 42.8 Å². The van der Waals surface area contributed by atoms with Gasteiger partial charge in [0.1, 0.15) is 4.99 Å². The Kier molecular flexibility index (Phi) is 10.5. The maximum absolute atomic E-state index is 11.9. The number of aliphatic carboxylic acids is 1. The molecule has 0 saturated heterocycles. The Morgan fingerprint density at radius 2 is 1.84 bits per heavy atom. The summed E-state index contributed by atoms with van der Waals surface area (Å²) in [6.45, 7) is 1.08. The number of urea groups is 1. The van der Waals surface area contributed by atoms with Crippen LogP contribution in [0.5, 0.6) is 0 Å². The first-order chi connectivity index (χ1) is 11.6. The number of carbonyl (C=O) groups excluding carboxylic acids is 2. The fraction of sp³-hybridized carbons (Fsp3) is 0.667. The first-order valence-corrected chi connectivity index (χ1v) is 7.64. The van der Waals surface area contributed by atoms with Crippen LogP contribution in [0.3, 0.4) is 0 Å². The highest BCUT2D eigenvalue weighted by atomic mass is 32.1. The molecule has 13 heteroatoms. The molecule has 0 aliphatic rings. The Balaban J connectivity index is 4.75. The lowest BCUT2D eigenvalue weighted by atomic mass is 10.2. The molecule has 0 aromatic rings. The lowest BCUT2D eigenvalue weighted by Crippen LogP contribution is -2.57. The van der Waals surface area contributed by atoms with Crippen LogP contribution >= 0.6 is 12.2 Å². The molecule has 12 nitrogen and oxygen atoms in total. The summed E-state index contributed by atoms with van der Waals surface area (Å²) in [5.74, 6) is -2.19. The molecule has 0 saturated carbocycles. The van der Waals surface area contributed by atoms with E-state index in [-0.39, 0.29) is 24.6 Å². The van der Waals surface area contributed by atoms with Crippen LogP contribution in [0, 0.1) is 0 Å². The second-order valence-electron chi connectivity index (χ2n) is 5.21. The highest BCUT2D eigenvalue weighted by Crippen LogP contribution is 1.97. The van der Waals surface area contributed by atoms with E-state index in [0.717, 1.165) is 0 Å². The number of carboxylic acids is 1. The first kappa shape index (κ1) is 22.9. The zero-order chi connectivity index (χ0) is 19.6. The van der Waals surface area contributed by atoms with Crippen LogP contribution in [0.1, 0.15) is 13.3 Å². The van der Waals surface area contributed by atoms with Crippen molar-refractivity contribution in [3.63, 3.8) is 0 Å². The number of hydrogen-bond donors (Lipinski definition) is 9. The molecule has 0 heterocycles. The summed E-state index contributed by atoms with van der Waals surface area (Å²) in [4.78, 5) is 33.9. The van der Waals surface area contributed by atoms with Crippen LogP contribution in [-0.2, 0) is 9.59 Å². The molecule has 0 spiro atoms. The molecule has 0 rings (SSSR count). The summed E-state index contributed by atoms with van der Waals surface area (Å²) < 4.78 is 0. The molecule has 0 fully saturated rings. The maximum atomic E-state index is 11.9. The lowest BCUT2D eigenvalue weighted by molar-refractivity contribution is -0.141. The van der Waals surface area contributed by atoms with Gasteiger partial charge in [-0.05, 0) is 6.92 Å². The molecular weight excluding hydrogens is 356 g/mol. The molecule has 0 bridgehead atoms. The Morgan fingerprint density at radius 1 is 1.24 bits per heavy atom. The van der Waals surface area contributed by atoms with E-state index in [2.05, 4.69) is 16.2 Å². The lowest BCUT2D eigenvalue weighted by Gasteiger charge is -2.23. The standard InChI is InChI=1S/C12H24N6O6S/c1-5(20)9(11(22)23)17-12(24)16-7(2-8(14)21)10(25)18-15-3-6(13)4-19/h5-7,9,15,19-20H,2-4,13H2,1H3,(H2,14,21)(H,18,25)(H,22,23)(H2,16,17,24). The molecule has 25 heavy (non-hydrogen) atoms. The number of aliphatic hydroxyl groups excluding tert-OH is 2. The molecule has 4 unspecified atom stereocenters. The Morgan fingerprint density at radius 3 is 2.28 bits per heavy atom. The fourth-order valence-electron chi connectivity index (χ4n) is 1.56. The number of hydrazine groups is 1. The number of thiocarbonyl (C=S) groups is 1. The number of nitrogens with two attached hydrogens (primary N) is 2. The Hall–Kier alpha value is -2.06. The summed E-state index contributed by atoms with van der Waals surface area (Å²) in [7, 11) is 0. The summed E-state index contributed by atoms with van der Waals surface area (Å²) in [5.41, 5.74) is 15.7. The normalized spacial score (nSPS) is 15.4. The molecule has 144 valence electrons. The van der Waals surface area contributed by atoms with E-state index in [1.54, 1.807) is 0 Å². The van der Waals surface area contributed by atoms with Crippen molar-refractivity contribution in [1.82, 2.24) is 21.5 Å². The van der Waals surface area contributed by atoms with E-state index in [9.17, 15) is 19.5 Å². The van der Waals surface area contributed by atoms with Crippen molar-refractivity contribution in [3.05, 3.63) is 0 Å². The molecule has 0 aromatic heterocycles. The minimum absolute atomic E-state index is 0.0111. The third-order valence-corrected chi connectivity index (χ3v) is 3.26. The number of carbonyl (C=O) groups is 3. The van der Waals surface area contributed by atoms with Crippen molar-refractivity contribution in [2.75, 3.05) is 13.2 Å². The first-order valence-electron chi connectivity index (χ1n) is 7.23. The Labute approximate surface area is 149 Å². The van der Waals surface area contributed by atoms with Gasteiger partial charge >= 0.3 is 12.0 Å². The van der Waals surface area contributed by atoms with Gasteiger partial charge in [-0.1, -0.05) is 12.2 Å². The zero-order valence-corrected chi connectivity index (χ0v) is 14.4. The van der Waals surface area contributed by atoms with Gasteiger partial charge in [0.05, 0.1) is 25.2 Å². The number of rotatable bonds is 11. The zero-order valence-electron chi connectivity index (χ0n) is 13.6. The maximum Gasteiger partial charge on any atom is 0.328 e. The molecule has 11 N–H and O–H groups in total. The smallest absolute Gasteiger partial charge is 0.328 e. The van der Waals surface area contributed by atoms with Crippen molar-refractivity contribution >= 4 is 35.1 Å². The van der Waals surface area contributed by atoms with E-state index in [4.69, 9.17) is 33.9 Å². The van der Waals surface area contributed by atoms with Crippen LogP contribution in [0.2, 0.25) is 0 Å². The predicted molar refractivity (Wildman–Crippen MR) is 91.2 cm³/mol. The monoisotopic (exact) mass is 380 g/mol. The van der Waals surface area contributed by atoms with E-state index in [0.29, 0.717) is 0 Å². The van der Waals surface area contributed by atoms with Crippen molar-refractivity contribution < 1.29 is 29.7 Å². The van der Waals surface area contributed by atoms with Crippen LogP contribution in [0.4, 0.5) is 4.79 Å². The molecule has 4 atom stereocenters. The van der Waals surface area contributed by atoms with Gasteiger partial charge in [0.15, 0.2) is 6.04 Å². The van der Waals surface area contributed by atoms with Crippen LogP contribution in [0.15, 0.2) is 0 Å². The largest absolute Gasteiger partial charge is 0.480 e. The van der Waals surface area contributed by atoms with Crippen LogP contribution < -0.4 is 33.0 Å². The number of hydrogen-bond acceptors (Lipinski definition) is 8. The number of carboxylic acid groups (broad SMARTS) is 1. The van der Waals surface area contributed by atoms with Crippen molar-refractivity contribution in [3.8, 4) is 0 Å². The second kappa shape index (κ2) is 11.5. The topological polar surface area (TPSA) is 212 Å². The number of nitrogens with one attached hydrogen (secondary N) is 4. The minimum Gasteiger partial charge on any atom is -0.480 e. The molecule has 0 radical (unpaired) electrons. The SMILES string of the molecule is CC(O)C(NC(=O)NC(CC(N)=O)C(=S)NNCC(N)CO)C(=O)O. The van der Waals surface area contributed by atoms with E-state index in [1.807, 2.05) is 5.32 Å². The molecule has 0 aliphatic carbocycles. The van der Waals surface area contributed by atoms with Crippen LogP contribution in [0.25, 0.3) is 0 Å². The minimum atomic E-state index is -1.54. The molecule has 0 aromatic carbocycles. The third-order valence-electron chi connectivity index (χ3n) is 2.87. The highest BCUT2D eigenvalue weighted by molar-refractivity contribution is 7.80. The molecule has 3 amide bonds. The highest BCUT2D eigenvalue weighted by Gasteiger charge is 2.27. The third kappa shape index (κ3) is 9.73. The Bertz CT molecular complexity index is 491. The van der Waals surface area contributed by atoms with Gasteiger partial charge in [-0.25, -0.2) is 15.0 Å². The number of amides is 3. The number of primary amides is 1. The summed E-state index contributed by atoms with van der Waals surface area (Å²) in [6, 6.07) is -4.09. The number of aliphatic hydroxyl groups is 2. The second-order valence-corrected chi connectivity index (χ2v) is 5.65. The van der Waals surface area contributed by atoms with Crippen molar-refractivity contribution in [2.45, 2.75) is 37.6 Å². The fourth-order valence-corrected chi connectivity index (χ4v) is 1.78. The van der Waals surface area contributed by atoms with Gasteiger partial charge in [0, 0.05) is 12.6 Å². The average Bonchev–Trinajstić information content (AvgIpc) is 2.50. The van der Waals surface area contributed by atoms with E-state index < -0.39 is 42.1 Å². The van der Waals surface area contributed by atoms with Gasteiger partial charge in [-0.3, -0.25) is 4.79 Å². The van der Waals surface area contributed by atoms with Gasteiger partial charge in [-0.15, -0.1) is 0 Å². The van der Waals surface area contributed by atoms with Crippen molar-refractivity contribution in [1.29, 1.82) is 0 Å². The quantitative estimate of drug-likeness (QED) is 0.125. The summed E-state index contributed by atoms with van der Waals surface area (Å²) in [5, 5.41) is 31.4. The molecule has 0 aliphatic heterocycles. The summed E-state index contributed by atoms with van der Waals surface area (Å²) >= 11 is 5.02. The predicted octanol–water partition coefficient (Wildman–Crippen LogP) is -3.90. The van der Waals surface area contributed by atoms with E-state index in [1.165, 1.54) is 6.92 Å². The molecular formula is C12H24N6O6S. The summed E-state index contributed by atoms with van der Waals surface area (Å²) in [6.07, 6.45) is -1.69. The van der Waals surface area contributed by atoms with Gasteiger partial charge in [-0.2, -0.15) is 0 Å². The van der Waals surface area contributed by atoms with Crippen LogP contribution in [-0.4, -0.2) is 75.6 Å². The van der Waals surface area contributed by atoms with Crippen molar-refractivity contribution in [2.24, 2.45) is 11.5 Å². The van der Waals surface area contributed by atoms with Gasteiger partial charge in [0.25, 0.3) is 0 Å². The van der Waals surface area contributed by atoms with Gasteiger partial charge in [0.2, 0.25) is 5.91 Å². The van der Waals surface area contributed by atoms with E-state index >= 15 is 0 Å².